The van der Waals surface area contributed by atoms with Crippen LogP contribution in [-0.2, 0) is 4.79 Å². The highest BCUT2D eigenvalue weighted by atomic mass is 16.1. The maximum atomic E-state index is 10.3. The minimum absolute atomic E-state index is 0.528. The van der Waals surface area contributed by atoms with Gasteiger partial charge in [-0.1, -0.05) is 26.8 Å². The van der Waals surface area contributed by atoms with Crippen molar-refractivity contribution in [1.82, 2.24) is 0 Å². The molecule has 0 aliphatic carbocycles. The summed E-state index contributed by atoms with van der Waals surface area (Å²) in [6, 6.07) is 0. The molecule has 0 saturated heterocycles. The lowest BCUT2D eigenvalue weighted by Crippen LogP contribution is -1.97. The molecule has 0 saturated carbocycles. The summed E-state index contributed by atoms with van der Waals surface area (Å²) in [6.45, 7) is 8.39. The molecule has 0 aromatic rings. The van der Waals surface area contributed by atoms with Crippen molar-refractivity contribution in [3.63, 3.8) is 0 Å². The molecule has 1 nitrogen and oxygen atoms in total. The molecule has 0 bridgehead atoms. The van der Waals surface area contributed by atoms with E-state index < -0.39 is 0 Å². The zero-order chi connectivity index (χ0) is 8.85. The molecule has 0 aromatic heterocycles. The minimum atomic E-state index is 0.528. The Balaban J connectivity index is 3.85. The van der Waals surface area contributed by atoms with Crippen LogP contribution in [0.1, 0.15) is 34.1 Å². The molecule has 1 heteroatoms. The molecule has 11 heavy (non-hydrogen) atoms. The highest BCUT2D eigenvalue weighted by molar-refractivity contribution is 5.72. The molecule has 0 fully saturated rings. The molecular weight excluding hydrogens is 136 g/mol. The van der Waals surface area contributed by atoms with Crippen molar-refractivity contribution < 1.29 is 4.79 Å². The second-order valence-corrected chi connectivity index (χ2v) is 3.64. The largest absolute Gasteiger partial charge is 0.298 e. The van der Waals surface area contributed by atoms with Crippen LogP contribution in [0.15, 0.2) is 11.6 Å². The Morgan fingerprint density at radius 2 is 1.91 bits per heavy atom. The van der Waals surface area contributed by atoms with Crippen LogP contribution in [-0.4, -0.2) is 6.29 Å². The Labute approximate surface area is 69.5 Å². The van der Waals surface area contributed by atoms with Gasteiger partial charge in [0.2, 0.25) is 0 Å². The van der Waals surface area contributed by atoms with Gasteiger partial charge in [-0.25, -0.2) is 0 Å². The Morgan fingerprint density at radius 3 is 2.27 bits per heavy atom. The molecule has 1 atom stereocenters. The highest BCUT2D eigenvalue weighted by Crippen LogP contribution is 2.13. The van der Waals surface area contributed by atoms with Crippen molar-refractivity contribution >= 4 is 6.29 Å². The standard InChI is InChI=1S/C10H18O/c1-8(2)5-9(3)6-10(4)7-11/h6-9H,5H2,1-4H3/b10-6-. The SMILES string of the molecule is C/C(C=O)=C/C(C)CC(C)C. The number of hydrogen-bond acceptors (Lipinski definition) is 1. The summed E-state index contributed by atoms with van der Waals surface area (Å²) in [5.74, 6) is 1.24. The zero-order valence-corrected chi connectivity index (χ0v) is 7.92. The van der Waals surface area contributed by atoms with E-state index in [0.29, 0.717) is 11.8 Å². The van der Waals surface area contributed by atoms with E-state index in [2.05, 4.69) is 20.8 Å². The summed E-state index contributed by atoms with van der Waals surface area (Å²) in [7, 11) is 0. The summed E-state index contributed by atoms with van der Waals surface area (Å²) in [6.07, 6.45) is 4.11. The van der Waals surface area contributed by atoms with E-state index in [4.69, 9.17) is 0 Å². The van der Waals surface area contributed by atoms with E-state index >= 15 is 0 Å². The van der Waals surface area contributed by atoms with Gasteiger partial charge in [-0.15, -0.1) is 0 Å². The molecule has 0 aliphatic heterocycles. The summed E-state index contributed by atoms with van der Waals surface area (Å²) in [5, 5.41) is 0. The predicted molar refractivity (Wildman–Crippen MR) is 48.4 cm³/mol. The van der Waals surface area contributed by atoms with E-state index in [1.54, 1.807) is 0 Å². The van der Waals surface area contributed by atoms with E-state index in [1.807, 2.05) is 13.0 Å². The third kappa shape index (κ3) is 5.84. The van der Waals surface area contributed by atoms with Crippen molar-refractivity contribution in [1.29, 1.82) is 0 Å². The van der Waals surface area contributed by atoms with Gasteiger partial charge in [0.1, 0.15) is 6.29 Å². The molecule has 0 aliphatic rings. The summed E-state index contributed by atoms with van der Waals surface area (Å²) >= 11 is 0. The van der Waals surface area contributed by atoms with Crippen molar-refractivity contribution in [3.8, 4) is 0 Å². The van der Waals surface area contributed by atoms with Gasteiger partial charge in [0, 0.05) is 0 Å². The van der Waals surface area contributed by atoms with Crippen LogP contribution in [0.4, 0.5) is 0 Å². The Hall–Kier alpha value is -0.590. The van der Waals surface area contributed by atoms with E-state index in [0.717, 1.165) is 18.3 Å². The first-order valence-electron chi connectivity index (χ1n) is 4.19. The van der Waals surface area contributed by atoms with Gasteiger partial charge < -0.3 is 0 Å². The van der Waals surface area contributed by atoms with Crippen LogP contribution in [0.25, 0.3) is 0 Å². The number of carbonyl (C=O) groups excluding carboxylic acids is 1. The topological polar surface area (TPSA) is 17.1 Å². The van der Waals surface area contributed by atoms with E-state index in [9.17, 15) is 4.79 Å². The summed E-state index contributed by atoms with van der Waals surface area (Å²) < 4.78 is 0. The Bertz CT molecular complexity index is 145. The van der Waals surface area contributed by atoms with Gasteiger partial charge in [0.15, 0.2) is 0 Å². The molecule has 0 spiro atoms. The fraction of sp³-hybridized carbons (Fsp3) is 0.700. The number of hydrogen-bond donors (Lipinski definition) is 0. The first-order valence-corrected chi connectivity index (χ1v) is 4.19. The van der Waals surface area contributed by atoms with Crippen molar-refractivity contribution in [2.24, 2.45) is 11.8 Å². The molecule has 0 aromatic carbocycles. The third-order valence-electron chi connectivity index (χ3n) is 1.58. The average Bonchev–Trinajstić information content (AvgIpc) is 1.85. The maximum absolute atomic E-state index is 10.3. The first-order chi connectivity index (χ1) is 5.06. The molecule has 0 amide bonds. The molecule has 0 N–H and O–H groups in total. The van der Waals surface area contributed by atoms with E-state index in [-0.39, 0.29) is 0 Å². The van der Waals surface area contributed by atoms with Gasteiger partial charge in [0.05, 0.1) is 0 Å². The third-order valence-corrected chi connectivity index (χ3v) is 1.58. The van der Waals surface area contributed by atoms with Crippen LogP contribution in [0.3, 0.4) is 0 Å². The van der Waals surface area contributed by atoms with Crippen LogP contribution < -0.4 is 0 Å². The van der Waals surface area contributed by atoms with Gasteiger partial charge in [0.25, 0.3) is 0 Å². The summed E-state index contributed by atoms with van der Waals surface area (Å²) in [5.41, 5.74) is 0.846. The fourth-order valence-electron chi connectivity index (χ4n) is 1.30. The van der Waals surface area contributed by atoms with E-state index in [1.165, 1.54) is 0 Å². The average molecular weight is 154 g/mol. The molecule has 0 rings (SSSR count). The molecule has 64 valence electrons. The van der Waals surface area contributed by atoms with Gasteiger partial charge in [-0.3, -0.25) is 4.79 Å². The molecular formula is C10H18O. The normalized spacial score (nSPS) is 15.2. The van der Waals surface area contributed by atoms with Crippen molar-refractivity contribution in [2.45, 2.75) is 34.1 Å². The van der Waals surface area contributed by atoms with Crippen LogP contribution in [0.5, 0.6) is 0 Å². The number of aldehydes is 1. The van der Waals surface area contributed by atoms with Gasteiger partial charge >= 0.3 is 0 Å². The first kappa shape index (κ1) is 10.4. The summed E-state index contributed by atoms with van der Waals surface area (Å²) in [4.78, 5) is 10.3. The minimum Gasteiger partial charge on any atom is -0.298 e. The van der Waals surface area contributed by atoms with Crippen LogP contribution in [0, 0.1) is 11.8 Å². The quantitative estimate of drug-likeness (QED) is 0.449. The second kappa shape index (κ2) is 5.11. The second-order valence-electron chi connectivity index (χ2n) is 3.64. The number of allylic oxidation sites excluding steroid dienone is 2. The van der Waals surface area contributed by atoms with Gasteiger partial charge in [-0.2, -0.15) is 0 Å². The fourth-order valence-corrected chi connectivity index (χ4v) is 1.30. The smallest absolute Gasteiger partial charge is 0.145 e. The lowest BCUT2D eigenvalue weighted by molar-refractivity contribution is -0.104. The Kier molecular flexibility index (Phi) is 4.84. The lowest BCUT2D eigenvalue weighted by Gasteiger charge is -2.08. The number of rotatable bonds is 4. The Morgan fingerprint density at radius 1 is 1.36 bits per heavy atom. The highest BCUT2D eigenvalue weighted by Gasteiger charge is 2.01. The monoisotopic (exact) mass is 154 g/mol. The van der Waals surface area contributed by atoms with Crippen LogP contribution in [0.2, 0.25) is 0 Å². The molecule has 0 heterocycles. The zero-order valence-electron chi connectivity index (χ0n) is 7.92. The van der Waals surface area contributed by atoms with Gasteiger partial charge in [-0.05, 0) is 30.8 Å². The number of carbonyl (C=O) groups is 1. The van der Waals surface area contributed by atoms with Crippen LogP contribution >= 0.6 is 0 Å². The molecule has 0 radical (unpaired) electrons. The molecule has 1 unspecified atom stereocenters. The van der Waals surface area contributed by atoms with Crippen molar-refractivity contribution in [2.75, 3.05) is 0 Å². The lowest BCUT2D eigenvalue weighted by atomic mass is 9.97. The maximum Gasteiger partial charge on any atom is 0.145 e. The predicted octanol–water partition coefficient (Wildman–Crippen LogP) is 2.81. The van der Waals surface area contributed by atoms with Crippen molar-refractivity contribution in [3.05, 3.63) is 11.6 Å².